The van der Waals surface area contributed by atoms with E-state index in [9.17, 15) is 0 Å². The summed E-state index contributed by atoms with van der Waals surface area (Å²) in [5.41, 5.74) is 0. The first-order valence-corrected chi connectivity index (χ1v) is 10.3. The Labute approximate surface area is 179 Å². The van der Waals surface area contributed by atoms with Crippen LogP contribution in [0.2, 0.25) is 0 Å². The van der Waals surface area contributed by atoms with Crippen molar-refractivity contribution in [2.75, 3.05) is 6.54 Å². The highest BCUT2D eigenvalue weighted by Gasteiger charge is 2.39. The number of aryl methyl sites for hydroxylation is 1. The zero-order valence-corrected chi connectivity index (χ0v) is 19.1. The molecule has 152 valence electrons. The van der Waals surface area contributed by atoms with Gasteiger partial charge in [-0.3, -0.25) is 4.90 Å². The summed E-state index contributed by atoms with van der Waals surface area (Å²) in [7, 11) is 2.00. The molecule has 0 radical (unpaired) electrons. The SMILES string of the molecule is Cc1nnc(CN=C(NC2CCCC2)NC2CC(C)N(C3CC3)C2)n1C.I. The lowest BCUT2D eigenvalue weighted by atomic mass is 10.2. The third-order valence-corrected chi connectivity index (χ3v) is 6.24. The maximum Gasteiger partial charge on any atom is 0.192 e. The molecule has 8 heteroatoms. The standard InChI is InChI=1S/C19H33N7.HI/c1-13-10-16(12-26(13)17-8-9-17)22-19(21-15-6-4-5-7-15)20-11-18-24-23-14(2)25(18)3;/h13,15-17H,4-12H2,1-3H3,(H2,20,21,22);1H. The highest BCUT2D eigenvalue weighted by atomic mass is 127. The first-order valence-electron chi connectivity index (χ1n) is 10.3. The van der Waals surface area contributed by atoms with Crippen LogP contribution in [0.3, 0.4) is 0 Å². The van der Waals surface area contributed by atoms with Crippen LogP contribution in [0.15, 0.2) is 4.99 Å². The summed E-state index contributed by atoms with van der Waals surface area (Å²) < 4.78 is 2.02. The molecule has 1 saturated heterocycles. The summed E-state index contributed by atoms with van der Waals surface area (Å²) in [4.78, 5) is 7.54. The van der Waals surface area contributed by atoms with Crippen molar-refractivity contribution in [1.82, 2.24) is 30.3 Å². The zero-order chi connectivity index (χ0) is 18.1. The van der Waals surface area contributed by atoms with Gasteiger partial charge in [-0.25, -0.2) is 4.99 Å². The summed E-state index contributed by atoms with van der Waals surface area (Å²) in [5.74, 6) is 2.79. The second kappa shape index (κ2) is 9.07. The van der Waals surface area contributed by atoms with E-state index in [2.05, 4.69) is 32.7 Å². The molecule has 2 unspecified atom stereocenters. The highest BCUT2D eigenvalue weighted by Crippen LogP contribution is 2.33. The molecule has 2 heterocycles. The smallest absolute Gasteiger partial charge is 0.192 e. The van der Waals surface area contributed by atoms with Crippen LogP contribution in [-0.2, 0) is 13.6 Å². The Balaban J connectivity index is 0.00000210. The van der Waals surface area contributed by atoms with Crippen LogP contribution >= 0.6 is 24.0 Å². The number of guanidine groups is 1. The number of likely N-dealkylation sites (tertiary alicyclic amines) is 1. The summed E-state index contributed by atoms with van der Waals surface area (Å²) >= 11 is 0. The van der Waals surface area contributed by atoms with Crippen molar-refractivity contribution in [3.63, 3.8) is 0 Å². The van der Waals surface area contributed by atoms with Crippen LogP contribution < -0.4 is 10.6 Å². The second-order valence-electron chi connectivity index (χ2n) is 8.37. The number of aliphatic imine (C=N–C) groups is 1. The van der Waals surface area contributed by atoms with E-state index in [0.29, 0.717) is 24.7 Å². The van der Waals surface area contributed by atoms with Crippen molar-refractivity contribution < 1.29 is 0 Å². The van der Waals surface area contributed by atoms with Crippen molar-refractivity contribution in [3.8, 4) is 0 Å². The van der Waals surface area contributed by atoms with Gasteiger partial charge in [0.25, 0.3) is 0 Å². The Bertz CT molecular complexity index is 648. The third-order valence-electron chi connectivity index (χ3n) is 6.24. The lowest BCUT2D eigenvalue weighted by molar-refractivity contribution is 0.256. The minimum atomic E-state index is 0. The fraction of sp³-hybridized carbons (Fsp3) is 0.842. The number of nitrogens with one attached hydrogen (secondary N) is 2. The first kappa shape index (κ1) is 20.8. The van der Waals surface area contributed by atoms with Crippen LogP contribution in [0, 0.1) is 6.92 Å². The monoisotopic (exact) mass is 487 g/mol. The molecular formula is C19H34IN7. The predicted octanol–water partition coefficient (Wildman–Crippen LogP) is 2.34. The number of halogens is 1. The first-order chi connectivity index (χ1) is 12.6. The fourth-order valence-electron chi connectivity index (χ4n) is 4.40. The molecule has 3 fully saturated rings. The fourth-order valence-corrected chi connectivity index (χ4v) is 4.40. The quantitative estimate of drug-likeness (QED) is 0.379. The molecule has 27 heavy (non-hydrogen) atoms. The summed E-state index contributed by atoms with van der Waals surface area (Å²) in [6, 6.07) is 2.55. The van der Waals surface area contributed by atoms with Crippen LogP contribution in [0.4, 0.5) is 0 Å². The average Bonchev–Trinajstić information content (AvgIpc) is 3.06. The maximum atomic E-state index is 4.86. The van der Waals surface area contributed by atoms with E-state index < -0.39 is 0 Å². The number of aromatic nitrogens is 3. The van der Waals surface area contributed by atoms with E-state index in [4.69, 9.17) is 4.99 Å². The van der Waals surface area contributed by atoms with Crippen molar-refractivity contribution in [2.45, 2.75) is 89.5 Å². The minimum absolute atomic E-state index is 0. The van der Waals surface area contributed by atoms with E-state index in [-0.39, 0.29) is 24.0 Å². The summed E-state index contributed by atoms with van der Waals surface area (Å²) in [6.07, 6.45) is 9.10. The van der Waals surface area contributed by atoms with Gasteiger partial charge in [-0.05, 0) is 46.0 Å². The molecule has 1 aromatic rings. The second-order valence-corrected chi connectivity index (χ2v) is 8.37. The van der Waals surface area contributed by atoms with E-state index in [1.54, 1.807) is 0 Å². The van der Waals surface area contributed by atoms with Gasteiger partial charge in [-0.15, -0.1) is 34.2 Å². The predicted molar refractivity (Wildman–Crippen MR) is 118 cm³/mol. The zero-order valence-electron chi connectivity index (χ0n) is 16.8. The molecular weight excluding hydrogens is 453 g/mol. The Morgan fingerprint density at radius 2 is 1.81 bits per heavy atom. The number of nitrogens with zero attached hydrogens (tertiary/aromatic N) is 5. The average molecular weight is 487 g/mol. The van der Waals surface area contributed by atoms with Gasteiger partial charge in [-0.2, -0.15) is 0 Å². The van der Waals surface area contributed by atoms with Gasteiger partial charge in [0.2, 0.25) is 0 Å². The normalized spacial score (nSPS) is 27.0. The molecule has 0 bridgehead atoms. The number of hydrogen-bond donors (Lipinski definition) is 2. The molecule has 1 aromatic heterocycles. The lowest BCUT2D eigenvalue weighted by Crippen LogP contribution is -2.47. The van der Waals surface area contributed by atoms with Crippen LogP contribution in [0.1, 0.15) is 63.5 Å². The van der Waals surface area contributed by atoms with Crippen molar-refractivity contribution in [1.29, 1.82) is 0 Å². The Hall–Kier alpha value is -0.900. The van der Waals surface area contributed by atoms with E-state index in [0.717, 1.165) is 30.2 Å². The molecule has 4 rings (SSSR count). The lowest BCUT2D eigenvalue weighted by Gasteiger charge is -2.22. The molecule has 7 nitrogen and oxygen atoms in total. The molecule has 2 atom stereocenters. The molecule has 0 amide bonds. The summed E-state index contributed by atoms with van der Waals surface area (Å²) in [6.45, 7) is 6.04. The molecule has 0 aromatic carbocycles. The molecule has 1 aliphatic heterocycles. The number of rotatable bonds is 5. The van der Waals surface area contributed by atoms with Crippen LogP contribution in [0.25, 0.3) is 0 Å². The van der Waals surface area contributed by atoms with E-state index in [1.807, 2.05) is 18.5 Å². The van der Waals surface area contributed by atoms with E-state index in [1.165, 1.54) is 44.9 Å². The summed E-state index contributed by atoms with van der Waals surface area (Å²) in [5, 5.41) is 15.8. The Morgan fingerprint density at radius 3 is 2.44 bits per heavy atom. The van der Waals surface area contributed by atoms with Gasteiger partial charge in [0.1, 0.15) is 12.4 Å². The van der Waals surface area contributed by atoms with Gasteiger partial charge in [0, 0.05) is 37.8 Å². The Morgan fingerprint density at radius 1 is 1.11 bits per heavy atom. The van der Waals surface area contributed by atoms with Gasteiger partial charge < -0.3 is 15.2 Å². The van der Waals surface area contributed by atoms with Gasteiger partial charge in [0.15, 0.2) is 11.8 Å². The van der Waals surface area contributed by atoms with Gasteiger partial charge in [-0.1, -0.05) is 12.8 Å². The molecule has 2 N–H and O–H groups in total. The van der Waals surface area contributed by atoms with Crippen molar-refractivity contribution in [3.05, 3.63) is 11.6 Å². The molecule has 2 saturated carbocycles. The van der Waals surface area contributed by atoms with Crippen LogP contribution in [-0.4, -0.2) is 56.3 Å². The van der Waals surface area contributed by atoms with Gasteiger partial charge >= 0.3 is 0 Å². The van der Waals surface area contributed by atoms with Crippen molar-refractivity contribution >= 4 is 29.9 Å². The van der Waals surface area contributed by atoms with E-state index >= 15 is 0 Å². The number of hydrogen-bond acceptors (Lipinski definition) is 4. The maximum absolute atomic E-state index is 4.86. The third kappa shape index (κ3) is 5.13. The molecule has 2 aliphatic carbocycles. The van der Waals surface area contributed by atoms with Crippen molar-refractivity contribution in [2.24, 2.45) is 12.0 Å². The largest absolute Gasteiger partial charge is 0.354 e. The molecule has 0 spiro atoms. The minimum Gasteiger partial charge on any atom is -0.354 e. The molecule has 3 aliphatic rings. The van der Waals surface area contributed by atoms with Crippen LogP contribution in [0.5, 0.6) is 0 Å². The Kier molecular flexibility index (Phi) is 6.99. The topological polar surface area (TPSA) is 70.4 Å². The van der Waals surface area contributed by atoms with Gasteiger partial charge in [0.05, 0.1) is 0 Å². The highest BCUT2D eigenvalue weighted by molar-refractivity contribution is 14.0.